The van der Waals surface area contributed by atoms with Crippen LogP contribution in [0, 0.1) is 27.7 Å². The molecule has 0 N–H and O–H groups in total. The maximum Gasteiger partial charge on any atom is 0.252 e. The smallest absolute Gasteiger partial charge is 0.252 e. The maximum atomic E-state index is 2.74. The molecule has 6 aromatic carbocycles. The van der Waals surface area contributed by atoms with Gasteiger partial charge in [0.25, 0.3) is 6.71 Å². The molecule has 0 atom stereocenters. The number of rotatable bonds is 2. The van der Waals surface area contributed by atoms with E-state index in [9.17, 15) is 0 Å². The fourth-order valence-corrected chi connectivity index (χ4v) is 15.1. The minimum Gasteiger partial charge on any atom is -0.311 e. The highest BCUT2D eigenvalue weighted by atomic mass is 32.1. The van der Waals surface area contributed by atoms with Crippen LogP contribution < -0.4 is 26.2 Å². The van der Waals surface area contributed by atoms with Gasteiger partial charge in [0, 0.05) is 54.3 Å². The average molecular weight is 913 g/mol. The van der Waals surface area contributed by atoms with Crippen LogP contribution in [-0.2, 0) is 32.5 Å². The van der Waals surface area contributed by atoms with E-state index < -0.39 is 0 Å². The van der Waals surface area contributed by atoms with Crippen LogP contribution in [0.2, 0.25) is 0 Å². The van der Waals surface area contributed by atoms with E-state index >= 15 is 0 Å². The lowest BCUT2D eigenvalue weighted by Crippen LogP contribution is -2.61. The number of hydrogen-bond acceptors (Lipinski definition) is 3. The lowest BCUT2D eigenvalue weighted by atomic mass is 9.33. The molecule has 5 aliphatic rings. The molecule has 0 saturated carbocycles. The third kappa shape index (κ3) is 6.20. The summed E-state index contributed by atoms with van der Waals surface area (Å²) in [6.07, 6.45) is 7.23. The van der Waals surface area contributed by atoms with Crippen LogP contribution in [0.3, 0.4) is 0 Å². The van der Waals surface area contributed by atoms with Crippen molar-refractivity contribution in [2.45, 2.75) is 182 Å². The molecule has 348 valence electrons. The van der Waals surface area contributed by atoms with Crippen LogP contribution in [0.1, 0.15) is 177 Å². The molecule has 4 heteroatoms. The van der Waals surface area contributed by atoms with Gasteiger partial charge in [-0.15, -0.1) is 11.3 Å². The molecule has 3 heterocycles. The number of fused-ring (bicyclic) bond motifs is 10. The van der Waals surface area contributed by atoms with Crippen molar-refractivity contribution in [3.63, 3.8) is 0 Å². The number of thiophene rings is 1. The Balaban J connectivity index is 1.19. The monoisotopic (exact) mass is 913 g/mol. The Hall–Kier alpha value is -4.80. The summed E-state index contributed by atoms with van der Waals surface area (Å²) in [6, 6.07) is 33.3. The van der Waals surface area contributed by atoms with Crippen molar-refractivity contribution in [1.29, 1.82) is 0 Å². The molecule has 12 rings (SSSR count). The summed E-state index contributed by atoms with van der Waals surface area (Å²) >= 11 is 2.01. The van der Waals surface area contributed by atoms with E-state index in [1.807, 2.05) is 11.3 Å². The van der Waals surface area contributed by atoms with E-state index in [1.165, 1.54) is 159 Å². The molecule has 0 radical (unpaired) electrons. The molecule has 0 bridgehead atoms. The van der Waals surface area contributed by atoms with Crippen molar-refractivity contribution in [2.24, 2.45) is 0 Å². The molecule has 0 amide bonds. The summed E-state index contributed by atoms with van der Waals surface area (Å²) in [5.74, 6) is 0. The van der Waals surface area contributed by atoms with Crippen LogP contribution >= 0.6 is 11.3 Å². The van der Waals surface area contributed by atoms with Gasteiger partial charge in [-0.05, 0) is 225 Å². The normalized spacial score (nSPS) is 20.6. The molecular formula is C64H73BN2S. The zero-order valence-electron chi connectivity index (χ0n) is 44.1. The Morgan fingerprint density at radius 2 is 0.750 bits per heavy atom. The average Bonchev–Trinajstić information content (AvgIpc) is 3.61. The molecule has 0 spiro atoms. The van der Waals surface area contributed by atoms with E-state index in [4.69, 9.17) is 0 Å². The van der Waals surface area contributed by atoms with Crippen molar-refractivity contribution < 1.29 is 0 Å². The minimum absolute atomic E-state index is 0.0704. The topological polar surface area (TPSA) is 6.48 Å². The maximum absolute atomic E-state index is 2.74. The molecule has 1 aromatic heterocycles. The molecule has 3 aliphatic carbocycles. The van der Waals surface area contributed by atoms with E-state index in [0.717, 1.165) is 0 Å². The lowest BCUT2D eigenvalue weighted by molar-refractivity contribution is 0.332. The zero-order valence-corrected chi connectivity index (χ0v) is 44.9. The van der Waals surface area contributed by atoms with E-state index in [0.29, 0.717) is 0 Å². The fourth-order valence-electron chi connectivity index (χ4n) is 14.0. The fraction of sp³-hybridized carbons (Fsp3) is 0.438. The molecule has 2 nitrogen and oxygen atoms in total. The van der Waals surface area contributed by atoms with Gasteiger partial charge in [-0.2, -0.15) is 0 Å². The summed E-state index contributed by atoms with van der Waals surface area (Å²) in [5, 5.41) is 2.80. The quantitative estimate of drug-likeness (QED) is 0.159. The van der Waals surface area contributed by atoms with Gasteiger partial charge in [-0.3, -0.25) is 0 Å². The summed E-state index contributed by atoms with van der Waals surface area (Å²) in [7, 11) is 0. The lowest BCUT2D eigenvalue weighted by Gasteiger charge is -2.47. The van der Waals surface area contributed by atoms with Crippen LogP contribution in [0.4, 0.5) is 34.1 Å². The molecular weight excluding hydrogens is 840 g/mol. The summed E-state index contributed by atoms with van der Waals surface area (Å²) < 4.78 is 2.81. The first-order chi connectivity index (χ1) is 31.8. The Morgan fingerprint density at radius 3 is 1.24 bits per heavy atom. The van der Waals surface area contributed by atoms with Gasteiger partial charge in [-0.25, -0.2) is 0 Å². The Morgan fingerprint density at radius 1 is 0.368 bits per heavy atom. The third-order valence-electron chi connectivity index (χ3n) is 18.8. The summed E-state index contributed by atoms with van der Waals surface area (Å²) in [5.41, 5.74) is 27.3. The van der Waals surface area contributed by atoms with Gasteiger partial charge in [0.15, 0.2) is 0 Å². The molecule has 2 aliphatic heterocycles. The van der Waals surface area contributed by atoms with Crippen molar-refractivity contribution in [2.75, 3.05) is 9.80 Å². The van der Waals surface area contributed by atoms with E-state index in [2.05, 4.69) is 199 Å². The Kier molecular flexibility index (Phi) is 9.12. The second kappa shape index (κ2) is 14.0. The zero-order chi connectivity index (χ0) is 48.2. The first-order valence-corrected chi connectivity index (χ1v) is 26.8. The van der Waals surface area contributed by atoms with Gasteiger partial charge < -0.3 is 9.80 Å². The SMILES string of the molecule is Cc1ccc2c(c1)N(c1cc3c(cc1C)C(C)(C)CCC3(C)C)c1cc(C)cc3c1B2c1cc2sc4cc5c(cc4c2cc1N3c1cc2c(cc1C)C(C)(C)CCC2(C)C)C(C)(C)CCC5(C)C. The van der Waals surface area contributed by atoms with Gasteiger partial charge in [0.2, 0.25) is 0 Å². The largest absolute Gasteiger partial charge is 0.311 e. The summed E-state index contributed by atoms with van der Waals surface area (Å²) in [6.45, 7) is 39.1. The second-order valence-electron chi connectivity index (χ2n) is 26.5. The van der Waals surface area contributed by atoms with E-state index in [1.54, 1.807) is 5.56 Å². The second-order valence-corrected chi connectivity index (χ2v) is 27.5. The highest BCUT2D eigenvalue weighted by Gasteiger charge is 2.47. The number of hydrogen-bond donors (Lipinski definition) is 0. The van der Waals surface area contributed by atoms with Crippen LogP contribution in [0.15, 0.2) is 78.9 Å². The van der Waals surface area contributed by atoms with Crippen molar-refractivity contribution in [1.82, 2.24) is 0 Å². The van der Waals surface area contributed by atoms with E-state index in [-0.39, 0.29) is 39.2 Å². The third-order valence-corrected chi connectivity index (χ3v) is 19.9. The van der Waals surface area contributed by atoms with Gasteiger partial charge in [0.1, 0.15) is 0 Å². The number of anilines is 6. The molecule has 68 heavy (non-hydrogen) atoms. The van der Waals surface area contributed by atoms with Crippen LogP contribution in [0.25, 0.3) is 20.2 Å². The van der Waals surface area contributed by atoms with Crippen molar-refractivity contribution in [3.05, 3.63) is 134 Å². The van der Waals surface area contributed by atoms with Gasteiger partial charge >= 0.3 is 0 Å². The molecule has 0 unspecified atom stereocenters. The number of aryl methyl sites for hydroxylation is 4. The highest BCUT2D eigenvalue weighted by Crippen LogP contribution is 2.55. The predicted molar refractivity (Wildman–Crippen MR) is 298 cm³/mol. The highest BCUT2D eigenvalue weighted by molar-refractivity contribution is 7.26. The Bertz CT molecular complexity index is 3370. The molecule has 0 fully saturated rings. The Labute approximate surface area is 412 Å². The van der Waals surface area contributed by atoms with Crippen LogP contribution in [-0.4, -0.2) is 6.71 Å². The summed E-state index contributed by atoms with van der Waals surface area (Å²) in [4.78, 5) is 5.43. The van der Waals surface area contributed by atoms with Gasteiger partial charge in [0.05, 0.1) is 0 Å². The first-order valence-electron chi connectivity index (χ1n) is 26.0. The predicted octanol–water partition coefficient (Wildman–Crippen LogP) is 16.4. The number of benzene rings is 6. The minimum atomic E-state index is 0.0704. The van der Waals surface area contributed by atoms with Crippen molar-refractivity contribution in [3.8, 4) is 0 Å². The first kappa shape index (κ1) is 44.4. The van der Waals surface area contributed by atoms with Gasteiger partial charge in [-0.1, -0.05) is 107 Å². The molecule has 7 aromatic rings. The van der Waals surface area contributed by atoms with Crippen molar-refractivity contribution >= 4 is 88.7 Å². The number of nitrogens with zero attached hydrogens (tertiary/aromatic N) is 2. The van der Waals surface area contributed by atoms with Crippen LogP contribution in [0.5, 0.6) is 0 Å². The standard InChI is InChI=1S/C64H73BN2S/c1-36-17-18-48-52(25-36)66(50-32-45-42(28-38(50)3)59(5,6)19-22-62(45,11)12)54-26-37(2)27-55-58(54)65(48)49-35-57-41(40-30-44-47(34-56(40)68-57)64(15,16)24-21-61(44,9)10)31-53(49)67(55)51-33-46-43(29-39(51)4)60(7,8)20-23-63(46,13)14/h17-18,25-35H,19-24H2,1-16H3. The molecule has 0 saturated heterocycles.